The van der Waals surface area contributed by atoms with E-state index in [9.17, 15) is 13.2 Å². The lowest BCUT2D eigenvalue weighted by Crippen LogP contribution is -2.37. The van der Waals surface area contributed by atoms with Gasteiger partial charge in [-0.2, -0.15) is 13.7 Å². The maximum atomic E-state index is 13.0. The molecule has 0 saturated carbocycles. The first-order chi connectivity index (χ1) is 15.9. The molecule has 1 aliphatic heterocycles. The number of hydrogen-bond donors (Lipinski definition) is 1. The zero-order valence-corrected chi connectivity index (χ0v) is 20.8. The summed E-state index contributed by atoms with van der Waals surface area (Å²) in [7, 11) is -3.60. The number of rotatable bonds is 9. The molecule has 0 aliphatic carbocycles. The predicted octanol–water partition coefficient (Wildman–Crippen LogP) is 4.55. The van der Waals surface area contributed by atoms with Crippen LogP contribution in [0.3, 0.4) is 0 Å². The van der Waals surface area contributed by atoms with Crippen LogP contribution in [0.25, 0.3) is 0 Å². The van der Waals surface area contributed by atoms with Crippen LogP contribution in [-0.4, -0.2) is 47.5 Å². The number of carbonyl (C=O) groups is 1. The van der Waals surface area contributed by atoms with Crippen molar-refractivity contribution in [1.82, 2.24) is 13.7 Å². The summed E-state index contributed by atoms with van der Waals surface area (Å²) in [6.07, 6.45) is 1.71. The van der Waals surface area contributed by atoms with Crippen LogP contribution in [0, 0.1) is 5.92 Å². The average Bonchev–Trinajstić information content (AvgIpc) is 3.30. The number of carbonyl (C=O) groups excluding carboxylic acids is 1. The molecule has 3 aromatic rings. The second-order valence-corrected chi connectivity index (χ2v) is 11.7. The van der Waals surface area contributed by atoms with Crippen LogP contribution >= 0.6 is 23.3 Å². The van der Waals surface area contributed by atoms with E-state index >= 15 is 0 Å². The lowest BCUT2D eigenvalue weighted by molar-refractivity contribution is 0.101. The Kier molecular flexibility index (Phi) is 7.79. The molecule has 33 heavy (non-hydrogen) atoms. The van der Waals surface area contributed by atoms with Gasteiger partial charge < -0.3 is 5.32 Å². The summed E-state index contributed by atoms with van der Waals surface area (Å²) in [4.78, 5) is 17.3. The van der Waals surface area contributed by atoms with E-state index in [2.05, 4.69) is 33.7 Å². The van der Waals surface area contributed by atoms with Crippen molar-refractivity contribution in [2.75, 3.05) is 25.0 Å². The fourth-order valence-corrected chi connectivity index (χ4v) is 6.53. The van der Waals surface area contributed by atoms with Crippen molar-refractivity contribution in [3.63, 3.8) is 0 Å². The Bertz CT molecular complexity index is 1190. The summed E-state index contributed by atoms with van der Waals surface area (Å²) in [5, 5.41) is 4.23. The van der Waals surface area contributed by atoms with Crippen molar-refractivity contribution >= 4 is 44.2 Å². The zero-order valence-electron chi connectivity index (χ0n) is 18.3. The van der Waals surface area contributed by atoms with E-state index in [0.717, 1.165) is 18.6 Å². The van der Waals surface area contributed by atoms with Crippen LogP contribution in [0.2, 0.25) is 0 Å². The van der Waals surface area contributed by atoms with E-state index < -0.39 is 10.0 Å². The highest BCUT2D eigenvalue weighted by molar-refractivity contribution is 7.98. The third-order valence-corrected chi connectivity index (χ3v) is 9.16. The molecule has 7 nitrogen and oxygen atoms in total. The standard InChI is InChI=1S/C23H26N4O3S3/c1-17-10-12-27(13-11-17)33(29,30)20-9-5-8-19(14-20)21(28)15-24-22-25-23(26-32-22)31-16-18-6-3-2-4-7-18/h2-9,14,17H,10-13,15-16H2,1H3,(H,24,25,26). The van der Waals surface area contributed by atoms with Gasteiger partial charge in [-0.05, 0) is 36.5 Å². The molecular weight excluding hydrogens is 476 g/mol. The van der Waals surface area contributed by atoms with Crippen molar-refractivity contribution in [2.45, 2.75) is 35.6 Å². The maximum Gasteiger partial charge on any atom is 0.243 e. The third kappa shape index (κ3) is 6.20. The first kappa shape index (κ1) is 23.9. The van der Waals surface area contributed by atoms with Crippen molar-refractivity contribution in [1.29, 1.82) is 0 Å². The van der Waals surface area contributed by atoms with E-state index in [0.29, 0.717) is 34.9 Å². The summed E-state index contributed by atoms with van der Waals surface area (Å²) < 4.78 is 31.8. The Morgan fingerprint density at radius 3 is 2.67 bits per heavy atom. The van der Waals surface area contributed by atoms with Gasteiger partial charge in [-0.1, -0.05) is 61.2 Å². The molecule has 0 spiro atoms. The molecule has 2 heterocycles. The van der Waals surface area contributed by atoms with Crippen LogP contribution in [0.5, 0.6) is 0 Å². The number of anilines is 1. The molecule has 2 aromatic carbocycles. The number of sulfonamides is 1. The van der Waals surface area contributed by atoms with E-state index in [1.165, 1.54) is 39.2 Å². The summed E-state index contributed by atoms with van der Waals surface area (Å²) >= 11 is 2.74. The Labute approximate surface area is 202 Å². The van der Waals surface area contributed by atoms with Gasteiger partial charge in [-0.15, -0.1) is 0 Å². The number of nitrogens with one attached hydrogen (secondary N) is 1. The molecule has 0 radical (unpaired) electrons. The van der Waals surface area contributed by atoms with Crippen LogP contribution in [-0.2, 0) is 15.8 Å². The van der Waals surface area contributed by atoms with Crippen molar-refractivity contribution in [2.24, 2.45) is 5.92 Å². The zero-order chi connectivity index (χ0) is 23.3. The molecule has 4 rings (SSSR count). The normalized spacial score (nSPS) is 15.4. The average molecular weight is 503 g/mol. The van der Waals surface area contributed by atoms with Gasteiger partial charge in [0, 0.05) is 35.9 Å². The van der Waals surface area contributed by atoms with Gasteiger partial charge in [-0.25, -0.2) is 8.42 Å². The van der Waals surface area contributed by atoms with Crippen molar-refractivity contribution < 1.29 is 13.2 Å². The van der Waals surface area contributed by atoms with Gasteiger partial charge in [0.05, 0.1) is 11.4 Å². The number of benzene rings is 2. The minimum Gasteiger partial charge on any atom is -0.353 e. The quantitative estimate of drug-likeness (QED) is 0.339. The molecule has 1 N–H and O–H groups in total. The van der Waals surface area contributed by atoms with Crippen molar-refractivity contribution in [3.8, 4) is 0 Å². The molecule has 1 aromatic heterocycles. The molecule has 174 valence electrons. The minimum atomic E-state index is -3.60. The molecule has 0 atom stereocenters. The van der Waals surface area contributed by atoms with Gasteiger partial charge in [0.2, 0.25) is 20.3 Å². The summed E-state index contributed by atoms with van der Waals surface area (Å²) in [5.41, 5.74) is 1.55. The molecular formula is C23H26N4O3S3. The topological polar surface area (TPSA) is 92.3 Å². The Morgan fingerprint density at radius 1 is 1.15 bits per heavy atom. The van der Waals surface area contributed by atoms with Gasteiger partial charge in [0.25, 0.3) is 0 Å². The Morgan fingerprint density at radius 2 is 1.91 bits per heavy atom. The van der Waals surface area contributed by atoms with Gasteiger partial charge in [-0.3, -0.25) is 4.79 Å². The number of ketones is 1. The van der Waals surface area contributed by atoms with Crippen LogP contribution in [0.15, 0.2) is 64.6 Å². The second-order valence-electron chi connectivity index (χ2n) is 8.05. The predicted molar refractivity (Wildman–Crippen MR) is 132 cm³/mol. The summed E-state index contributed by atoms with van der Waals surface area (Å²) in [5.74, 6) is 1.11. The number of piperidine rings is 1. The molecule has 1 aliphatic rings. The van der Waals surface area contributed by atoms with Gasteiger partial charge in [0.15, 0.2) is 5.78 Å². The lowest BCUT2D eigenvalue weighted by atomic mass is 10.0. The number of aromatic nitrogens is 2. The lowest BCUT2D eigenvalue weighted by Gasteiger charge is -2.29. The highest BCUT2D eigenvalue weighted by atomic mass is 32.2. The van der Waals surface area contributed by atoms with E-state index in [4.69, 9.17) is 0 Å². The fourth-order valence-electron chi connectivity index (χ4n) is 3.52. The SMILES string of the molecule is CC1CCN(S(=O)(=O)c2cccc(C(=O)CNc3nc(SCc4ccccc4)ns3)c2)CC1. The largest absolute Gasteiger partial charge is 0.353 e. The maximum absolute atomic E-state index is 13.0. The Balaban J connectivity index is 1.34. The van der Waals surface area contributed by atoms with E-state index in [1.54, 1.807) is 18.2 Å². The molecule has 0 unspecified atom stereocenters. The highest BCUT2D eigenvalue weighted by Gasteiger charge is 2.28. The smallest absolute Gasteiger partial charge is 0.243 e. The number of thioether (sulfide) groups is 1. The van der Waals surface area contributed by atoms with Crippen LogP contribution in [0.4, 0.5) is 5.13 Å². The minimum absolute atomic E-state index is 0.0166. The molecule has 10 heteroatoms. The van der Waals surface area contributed by atoms with E-state index in [1.807, 2.05) is 18.2 Å². The number of nitrogens with zero attached hydrogens (tertiary/aromatic N) is 3. The highest BCUT2D eigenvalue weighted by Crippen LogP contribution is 2.25. The number of Topliss-reactive ketones (excluding diaryl/α,β-unsaturated/α-hetero) is 1. The van der Waals surface area contributed by atoms with Crippen LogP contribution < -0.4 is 5.32 Å². The first-order valence-corrected chi connectivity index (χ1v) is 14.0. The van der Waals surface area contributed by atoms with Crippen molar-refractivity contribution in [3.05, 3.63) is 65.7 Å². The fraction of sp³-hybridized carbons (Fsp3) is 0.348. The van der Waals surface area contributed by atoms with Gasteiger partial charge >= 0.3 is 0 Å². The van der Waals surface area contributed by atoms with E-state index in [-0.39, 0.29) is 17.2 Å². The molecule has 0 amide bonds. The van der Waals surface area contributed by atoms with Crippen LogP contribution in [0.1, 0.15) is 35.7 Å². The third-order valence-electron chi connectivity index (χ3n) is 5.55. The first-order valence-electron chi connectivity index (χ1n) is 10.8. The van der Waals surface area contributed by atoms with Gasteiger partial charge in [0.1, 0.15) is 0 Å². The molecule has 1 saturated heterocycles. The molecule has 1 fully saturated rings. The summed E-state index contributed by atoms with van der Waals surface area (Å²) in [6, 6.07) is 16.4. The number of hydrogen-bond acceptors (Lipinski definition) is 8. The second kappa shape index (κ2) is 10.8. The molecule has 0 bridgehead atoms. The Hall–Kier alpha value is -2.27. The summed E-state index contributed by atoms with van der Waals surface area (Å²) in [6.45, 7) is 3.19. The monoisotopic (exact) mass is 502 g/mol.